The Kier molecular flexibility index (Phi) is 3.94. The first-order chi connectivity index (χ1) is 8.25. The molecule has 0 bridgehead atoms. The van der Waals surface area contributed by atoms with Crippen molar-refractivity contribution in [2.75, 3.05) is 0 Å². The monoisotopic (exact) mass is 229 g/mol. The van der Waals surface area contributed by atoms with Gasteiger partial charge in [-0.3, -0.25) is 0 Å². The topological polar surface area (TPSA) is 29.9 Å². The van der Waals surface area contributed by atoms with Gasteiger partial charge in [-0.2, -0.15) is 0 Å². The van der Waals surface area contributed by atoms with Gasteiger partial charge in [0.25, 0.3) is 0 Å². The van der Waals surface area contributed by atoms with Gasteiger partial charge in [-0.1, -0.05) is 24.3 Å². The van der Waals surface area contributed by atoms with Crippen LogP contribution in [0.3, 0.4) is 0 Å². The molecule has 2 rings (SSSR count). The van der Waals surface area contributed by atoms with Gasteiger partial charge in [-0.25, -0.2) is 4.98 Å². The molecule has 0 spiro atoms. The maximum absolute atomic E-state index is 4.04. The predicted molar refractivity (Wildman–Crippen MR) is 69.7 cm³/mol. The number of aromatic nitrogens is 2. The summed E-state index contributed by atoms with van der Waals surface area (Å²) < 4.78 is 2.09. The van der Waals surface area contributed by atoms with Crippen LogP contribution >= 0.6 is 0 Å². The van der Waals surface area contributed by atoms with Gasteiger partial charge in [0.15, 0.2) is 0 Å². The summed E-state index contributed by atoms with van der Waals surface area (Å²) in [5.41, 5.74) is 2.71. The number of imidazole rings is 1. The quantitative estimate of drug-likeness (QED) is 0.853. The van der Waals surface area contributed by atoms with Crippen LogP contribution < -0.4 is 5.32 Å². The van der Waals surface area contributed by atoms with E-state index in [2.05, 4.69) is 53.0 Å². The van der Waals surface area contributed by atoms with Crippen LogP contribution in [0.15, 0.2) is 43.0 Å². The third-order valence-electron chi connectivity index (χ3n) is 2.95. The molecule has 0 radical (unpaired) electrons. The van der Waals surface area contributed by atoms with Crippen LogP contribution in [-0.4, -0.2) is 15.6 Å². The Morgan fingerprint density at radius 3 is 2.88 bits per heavy atom. The predicted octanol–water partition coefficient (Wildman–Crippen LogP) is 2.37. The van der Waals surface area contributed by atoms with E-state index in [1.807, 2.05) is 18.7 Å². The van der Waals surface area contributed by atoms with Gasteiger partial charge in [0, 0.05) is 31.5 Å². The number of hydrogen-bond donors (Lipinski definition) is 1. The molecule has 90 valence electrons. The zero-order chi connectivity index (χ0) is 12.1. The molecule has 1 heterocycles. The van der Waals surface area contributed by atoms with E-state index < -0.39 is 0 Å². The van der Waals surface area contributed by atoms with Gasteiger partial charge in [0.1, 0.15) is 0 Å². The maximum Gasteiger partial charge on any atom is 0.0946 e. The number of nitrogens with one attached hydrogen (secondary N) is 1. The summed E-state index contributed by atoms with van der Waals surface area (Å²) in [6.45, 7) is 6.21. The second-order valence-electron chi connectivity index (χ2n) is 4.47. The van der Waals surface area contributed by atoms with Crippen LogP contribution in [-0.2, 0) is 13.1 Å². The van der Waals surface area contributed by atoms with E-state index in [9.17, 15) is 0 Å². The minimum Gasteiger partial charge on any atom is -0.336 e. The average Bonchev–Trinajstić information content (AvgIpc) is 2.81. The molecule has 1 N–H and O–H groups in total. The van der Waals surface area contributed by atoms with E-state index in [1.165, 1.54) is 11.1 Å². The van der Waals surface area contributed by atoms with Crippen molar-refractivity contribution < 1.29 is 0 Å². The zero-order valence-electron chi connectivity index (χ0n) is 10.4. The first-order valence-electron chi connectivity index (χ1n) is 5.99. The van der Waals surface area contributed by atoms with E-state index in [0.29, 0.717) is 6.04 Å². The molecule has 0 saturated heterocycles. The van der Waals surface area contributed by atoms with E-state index >= 15 is 0 Å². The number of nitrogens with zero attached hydrogens (tertiary/aromatic N) is 2. The first kappa shape index (κ1) is 11.9. The highest BCUT2D eigenvalue weighted by Crippen LogP contribution is 2.06. The van der Waals surface area contributed by atoms with Gasteiger partial charge in [0.05, 0.1) is 6.33 Å². The lowest BCUT2D eigenvalue weighted by Crippen LogP contribution is -2.29. The minimum atomic E-state index is 0.434. The van der Waals surface area contributed by atoms with Crippen LogP contribution in [0.5, 0.6) is 0 Å². The highest BCUT2D eigenvalue weighted by molar-refractivity contribution is 5.25. The molecule has 0 aliphatic heterocycles. The maximum atomic E-state index is 4.04. The van der Waals surface area contributed by atoms with Crippen molar-refractivity contribution in [3.8, 4) is 0 Å². The minimum absolute atomic E-state index is 0.434. The van der Waals surface area contributed by atoms with Crippen molar-refractivity contribution in [3.63, 3.8) is 0 Å². The Hall–Kier alpha value is -1.61. The number of benzene rings is 1. The van der Waals surface area contributed by atoms with Crippen LogP contribution in [0, 0.1) is 6.92 Å². The van der Waals surface area contributed by atoms with E-state index in [-0.39, 0.29) is 0 Å². The summed E-state index contributed by atoms with van der Waals surface area (Å²) in [7, 11) is 0. The molecule has 0 amide bonds. The smallest absolute Gasteiger partial charge is 0.0946 e. The molecule has 2 aromatic rings. The highest BCUT2D eigenvalue weighted by Gasteiger charge is 2.03. The first-order valence-corrected chi connectivity index (χ1v) is 5.99. The largest absolute Gasteiger partial charge is 0.336 e. The Balaban J connectivity index is 1.84. The Labute approximate surface area is 103 Å². The summed E-state index contributed by atoms with van der Waals surface area (Å²) >= 11 is 0. The van der Waals surface area contributed by atoms with Crippen LogP contribution in [0.1, 0.15) is 18.1 Å². The van der Waals surface area contributed by atoms with Crippen LogP contribution in [0.2, 0.25) is 0 Å². The molecule has 0 aliphatic rings. The molecule has 3 nitrogen and oxygen atoms in total. The Morgan fingerprint density at radius 2 is 2.18 bits per heavy atom. The van der Waals surface area contributed by atoms with Gasteiger partial charge < -0.3 is 9.88 Å². The van der Waals surface area contributed by atoms with Crippen molar-refractivity contribution >= 4 is 0 Å². The fourth-order valence-corrected chi connectivity index (χ4v) is 1.87. The van der Waals surface area contributed by atoms with Gasteiger partial charge in [0.2, 0.25) is 0 Å². The summed E-state index contributed by atoms with van der Waals surface area (Å²) in [4.78, 5) is 4.04. The molecule has 1 unspecified atom stereocenters. The lowest BCUT2D eigenvalue weighted by molar-refractivity contribution is 0.475. The van der Waals surface area contributed by atoms with E-state index in [4.69, 9.17) is 0 Å². The second kappa shape index (κ2) is 5.64. The average molecular weight is 229 g/mol. The fraction of sp³-hybridized carbons (Fsp3) is 0.357. The molecular weight excluding hydrogens is 210 g/mol. The van der Waals surface area contributed by atoms with Gasteiger partial charge in [-0.05, 0) is 25.0 Å². The van der Waals surface area contributed by atoms with Gasteiger partial charge >= 0.3 is 0 Å². The SMILES string of the molecule is Cc1ccccc1CNC(C)Cn1ccnc1. The van der Waals surface area contributed by atoms with Crippen molar-refractivity contribution in [2.45, 2.75) is 33.0 Å². The van der Waals surface area contributed by atoms with Gasteiger partial charge in [-0.15, -0.1) is 0 Å². The summed E-state index contributed by atoms with van der Waals surface area (Å²) in [5.74, 6) is 0. The Morgan fingerprint density at radius 1 is 1.35 bits per heavy atom. The summed E-state index contributed by atoms with van der Waals surface area (Å²) in [5, 5.41) is 3.53. The molecule has 0 aliphatic carbocycles. The standard InChI is InChI=1S/C14H19N3/c1-12-5-3-4-6-14(12)9-16-13(2)10-17-8-7-15-11-17/h3-8,11,13,16H,9-10H2,1-2H3. The normalized spacial score (nSPS) is 12.6. The highest BCUT2D eigenvalue weighted by atomic mass is 15.1. The number of aryl methyl sites for hydroxylation is 1. The molecule has 0 saturated carbocycles. The van der Waals surface area contributed by atoms with E-state index in [0.717, 1.165) is 13.1 Å². The summed E-state index contributed by atoms with van der Waals surface area (Å²) in [6, 6.07) is 8.92. The van der Waals surface area contributed by atoms with Crippen molar-refractivity contribution in [1.82, 2.24) is 14.9 Å². The molecular formula is C14H19N3. The van der Waals surface area contributed by atoms with Crippen LogP contribution in [0.25, 0.3) is 0 Å². The molecule has 1 aromatic heterocycles. The molecule has 0 fully saturated rings. The third kappa shape index (κ3) is 3.43. The van der Waals surface area contributed by atoms with Crippen LogP contribution in [0.4, 0.5) is 0 Å². The van der Waals surface area contributed by atoms with E-state index in [1.54, 1.807) is 0 Å². The lowest BCUT2D eigenvalue weighted by atomic mass is 10.1. The van der Waals surface area contributed by atoms with Crippen molar-refractivity contribution in [3.05, 3.63) is 54.1 Å². The zero-order valence-corrected chi connectivity index (χ0v) is 10.4. The molecule has 1 atom stereocenters. The van der Waals surface area contributed by atoms with Crippen molar-refractivity contribution in [2.24, 2.45) is 0 Å². The number of rotatable bonds is 5. The fourth-order valence-electron chi connectivity index (χ4n) is 1.87. The molecule has 3 heteroatoms. The number of hydrogen-bond acceptors (Lipinski definition) is 2. The lowest BCUT2D eigenvalue weighted by Gasteiger charge is -2.15. The Bertz CT molecular complexity index is 448. The summed E-state index contributed by atoms with van der Waals surface area (Å²) in [6.07, 6.45) is 5.66. The molecule has 17 heavy (non-hydrogen) atoms. The second-order valence-corrected chi connectivity index (χ2v) is 4.47. The third-order valence-corrected chi connectivity index (χ3v) is 2.95. The van der Waals surface area contributed by atoms with Crippen molar-refractivity contribution in [1.29, 1.82) is 0 Å². The molecule has 1 aromatic carbocycles.